The molecule has 0 N–H and O–H groups in total. The lowest BCUT2D eigenvalue weighted by Gasteiger charge is -2.26. The molecule has 0 aliphatic rings. The van der Waals surface area contributed by atoms with Gasteiger partial charge in [-0.1, -0.05) is 59.8 Å². The molecular weight excluding hydrogens is 196 g/mol. The van der Waals surface area contributed by atoms with Gasteiger partial charge in [0, 0.05) is 13.7 Å². The lowest BCUT2D eigenvalue weighted by atomic mass is 9.81. The smallest absolute Gasteiger partial charge is 0.0464 e. The Hall–Kier alpha value is -0.0400. The summed E-state index contributed by atoms with van der Waals surface area (Å²) in [5, 5.41) is 0. The van der Waals surface area contributed by atoms with Gasteiger partial charge in [-0.3, -0.25) is 0 Å². The first kappa shape index (κ1) is 16.0. The zero-order valence-electron chi connectivity index (χ0n) is 12.1. The molecule has 0 saturated heterocycles. The number of hydrogen-bond donors (Lipinski definition) is 0. The zero-order chi connectivity index (χ0) is 12.4. The van der Waals surface area contributed by atoms with Crippen LogP contribution in [-0.2, 0) is 4.74 Å². The first-order valence-electron chi connectivity index (χ1n) is 6.98. The third kappa shape index (κ3) is 10.5. The van der Waals surface area contributed by atoms with Crippen molar-refractivity contribution in [1.82, 2.24) is 0 Å². The molecule has 0 aliphatic carbocycles. The molecule has 0 fully saturated rings. The summed E-state index contributed by atoms with van der Waals surface area (Å²) in [5.74, 6) is 0.858. The SMILES string of the molecule is CCCCCC[C@H](CCOC)CC(C)(C)C. The van der Waals surface area contributed by atoms with Gasteiger partial charge in [0.15, 0.2) is 0 Å². The molecule has 0 aromatic carbocycles. The van der Waals surface area contributed by atoms with E-state index < -0.39 is 0 Å². The minimum Gasteiger partial charge on any atom is -0.385 e. The number of hydrogen-bond acceptors (Lipinski definition) is 1. The summed E-state index contributed by atoms with van der Waals surface area (Å²) >= 11 is 0. The lowest BCUT2D eigenvalue weighted by molar-refractivity contribution is 0.157. The fraction of sp³-hybridized carbons (Fsp3) is 1.00. The van der Waals surface area contributed by atoms with Gasteiger partial charge in [-0.05, 0) is 24.2 Å². The van der Waals surface area contributed by atoms with Gasteiger partial charge in [0.05, 0.1) is 0 Å². The van der Waals surface area contributed by atoms with Gasteiger partial charge in [-0.2, -0.15) is 0 Å². The molecule has 0 saturated carbocycles. The van der Waals surface area contributed by atoms with Gasteiger partial charge in [-0.25, -0.2) is 0 Å². The summed E-state index contributed by atoms with van der Waals surface area (Å²) in [6.45, 7) is 10.2. The van der Waals surface area contributed by atoms with Crippen LogP contribution >= 0.6 is 0 Å². The fourth-order valence-electron chi connectivity index (χ4n) is 2.36. The Balaban J connectivity index is 3.81. The second kappa shape index (κ2) is 9.04. The summed E-state index contributed by atoms with van der Waals surface area (Å²) in [6, 6.07) is 0. The normalized spacial score (nSPS) is 14.1. The van der Waals surface area contributed by atoms with Gasteiger partial charge in [0.25, 0.3) is 0 Å². The van der Waals surface area contributed by atoms with Crippen LogP contribution in [0.1, 0.15) is 72.6 Å². The Morgan fingerprint density at radius 2 is 1.69 bits per heavy atom. The van der Waals surface area contributed by atoms with Gasteiger partial charge < -0.3 is 4.74 Å². The van der Waals surface area contributed by atoms with Crippen LogP contribution < -0.4 is 0 Å². The van der Waals surface area contributed by atoms with Crippen molar-refractivity contribution in [3.05, 3.63) is 0 Å². The summed E-state index contributed by atoms with van der Waals surface area (Å²) in [6.07, 6.45) is 9.50. The summed E-state index contributed by atoms with van der Waals surface area (Å²) in [7, 11) is 1.81. The van der Waals surface area contributed by atoms with Crippen molar-refractivity contribution in [2.45, 2.75) is 72.6 Å². The van der Waals surface area contributed by atoms with Gasteiger partial charge >= 0.3 is 0 Å². The topological polar surface area (TPSA) is 9.23 Å². The Labute approximate surface area is 103 Å². The molecule has 0 radical (unpaired) electrons. The van der Waals surface area contributed by atoms with E-state index in [1.807, 2.05) is 7.11 Å². The molecule has 1 heteroatoms. The molecule has 0 amide bonds. The fourth-order valence-corrected chi connectivity index (χ4v) is 2.36. The summed E-state index contributed by atoms with van der Waals surface area (Å²) in [4.78, 5) is 0. The van der Waals surface area contributed by atoms with Crippen LogP contribution in [0.3, 0.4) is 0 Å². The minimum atomic E-state index is 0.461. The predicted octanol–water partition coefficient (Wildman–Crippen LogP) is 5.05. The number of rotatable bonds is 9. The maximum Gasteiger partial charge on any atom is 0.0464 e. The van der Waals surface area contributed by atoms with Crippen molar-refractivity contribution in [2.24, 2.45) is 11.3 Å². The third-order valence-electron chi connectivity index (χ3n) is 3.10. The predicted molar refractivity (Wildman–Crippen MR) is 72.8 cm³/mol. The quantitative estimate of drug-likeness (QED) is 0.502. The van der Waals surface area contributed by atoms with E-state index in [9.17, 15) is 0 Å². The highest BCUT2D eigenvalue weighted by Gasteiger charge is 2.18. The van der Waals surface area contributed by atoms with Crippen molar-refractivity contribution in [3.8, 4) is 0 Å². The van der Waals surface area contributed by atoms with E-state index in [1.54, 1.807) is 0 Å². The molecular formula is C15H32O. The summed E-state index contributed by atoms with van der Waals surface area (Å²) in [5.41, 5.74) is 0.461. The maximum atomic E-state index is 5.21. The van der Waals surface area contributed by atoms with E-state index in [0.29, 0.717) is 5.41 Å². The molecule has 1 atom stereocenters. The lowest BCUT2D eigenvalue weighted by Crippen LogP contribution is -2.15. The first-order valence-corrected chi connectivity index (χ1v) is 6.98. The summed E-state index contributed by atoms with van der Waals surface area (Å²) < 4.78 is 5.21. The van der Waals surface area contributed by atoms with Crippen LogP contribution in [0.25, 0.3) is 0 Å². The van der Waals surface area contributed by atoms with Crippen molar-refractivity contribution in [1.29, 1.82) is 0 Å². The molecule has 0 aromatic rings. The Kier molecular flexibility index (Phi) is 9.02. The molecule has 0 spiro atoms. The van der Waals surface area contributed by atoms with E-state index >= 15 is 0 Å². The van der Waals surface area contributed by atoms with Crippen molar-refractivity contribution in [2.75, 3.05) is 13.7 Å². The van der Waals surface area contributed by atoms with Crippen LogP contribution in [0.2, 0.25) is 0 Å². The number of methoxy groups -OCH3 is 1. The molecule has 16 heavy (non-hydrogen) atoms. The van der Waals surface area contributed by atoms with Crippen LogP contribution in [0.15, 0.2) is 0 Å². The van der Waals surface area contributed by atoms with E-state index in [1.165, 1.54) is 44.9 Å². The Bertz CT molecular complexity index is 146. The Morgan fingerprint density at radius 1 is 1.00 bits per heavy atom. The van der Waals surface area contributed by atoms with Gasteiger partial charge in [0.2, 0.25) is 0 Å². The molecule has 0 unspecified atom stereocenters. The molecule has 98 valence electrons. The number of unbranched alkanes of at least 4 members (excludes halogenated alkanes) is 3. The van der Waals surface area contributed by atoms with Crippen molar-refractivity contribution < 1.29 is 4.74 Å². The van der Waals surface area contributed by atoms with Crippen molar-refractivity contribution in [3.63, 3.8) is 0 Å². The monoisotopic (exact) mass is 228 g/mol. The molecule has 0 bridgehead atoms. The zero-order valence-corrected chi connectivity index (χ0v) is 12.1. The standard InChI is InChI=1S/C15H32O/c1-6-7-8-9-10-14(11-12-16-5)13-15(2,3)4/h14H,6-13H2,1-5H3/t14-/m1/s1. The van der Waals surface area contributed by atoms with Gasteiger partial charge in [-0.15, -0.1) is 0 Å². The second-order valence-electron chi connectivity index (χ2n) is 6.26. The first-order chi connectivity index (χ1) is 7.49. The molecule has 0 rings (SSSR count). The second-order valence-corrected chi connectivity index (χ2v) is 6.26. The van der Waals surface area contributed by atoms with E-state index in [2.05, 4.69) is 27.7 Å². The maximum absolute atomic E-state index is 5.21. The molecule has 0 aliphatic heterocycles. The van der Waals surface area contributed by atoms with E-state index in [-0.39, 0.29) is 0 Å². The highest BCUT2D eigenvalue weighted by atomic mass is 16.5. The van der Waals surface area contributed by atoms with E-state index in [0.717, 1.165) is 12.5 Å². The Morgan fingerprint density at radius 3 is 2.19 bits per heavy atom. The average Bonchev–Trinajstić information content (AvgIpc) is 2.18. The van der Waals surface area contributed by atoms with Crippen LogP contribution in [0, 0.1) is 11.3 Å². The largest absolute Gasteiger partial charge is 0.385 e. The van der Waals surface area contributed by atoms with Crippen LogP contribution in [-0.4, -0.2) is 13.7 Å². The highest BCUT2D eigenvalue weighted by molar-refractivity contribution is 4.69. The highest BCUT2D eigenvalue weighted by Crippen LogP contribution is 2.29. The minimum absolute atomic E-state index is 0.461. The molecule has 0 heterocycles. The average molecular weight is 228 g/mol. The van der Waals surface area contributed by atoms with Crippen LogP contribution in [0.5, 0.6) is 0 Å². The van der Waals surface area contributed by atoms with Crippen molar-refractivity contribution >= 4 is 0 Å². The molecule has 1 nitrogen and oxygen atoms in total. The third-order valence-corrected chi connectivity index (χ3v) is 3.10. The van der Waals surface area contributed by atoms with Crippen LogP contribution in [0.4, 0.5) is 0 Å². The van der Waals surface area contributed by atoms with Gasteiger partial charge in [0.1, 0.15) is 0 Å². The number of ether oxygens (including phenoxy) is 1. The molecule has 0 aromatic heterocycles. The van der Waals surface area contributed by atoms with E-state index in [4.69, 9.17) is 4.74 Å².